The fourth-order valence-electron chi connectivity index (χ4n) is 4.27. The van der Waals surface area contributed by atoms with Crippen LogP contribution in [0.25, 0.3) is 0 Å². The van der Waals surface area contributed by atoms with Crippen molar-refractivity contribution >= 4 is 0 Å². The van der Waals surface area contributed by atoms with Gasteiger partial charge < -0.3 is 5.73 Å². The zero-order chi connectivity index (χ0) is 20.1. The molecular weight excluding hydrogens is 379 g/mol. The lowest BCUT2D eigenvalue weighted by atomic mass is 9.77. The smallest absolute Gasteiger partial charge is 0.327 e. The zero-order valence-electron chi connectivity index (χ0n) is 14.9. The number of aromatic nitrogens is 2. The van der Waals surface area contributed by atoms with Crippen molar-refractivity contribution in [3.63, 3.8) is 0 Å². The van der Waals surface area contributed by atoms with Crippen LogP contribution in [0.5, 0.6) is 0 Å². The first-order valence-electron chi connectivity index (χ1n) is 9.09. The molecule has 1 aliphatic carbocycles. The van der Waals surface area contributed by atoms with E-state index in [2.05, 4.69) is 9.97 Å². The first-order valence-corrected chi connectivity index (χ1v) is 9.09. The van der Waals surface area contributed by atoms with E-state index < -0.39 is 23.6 Å². The monoisotopic (exact) mass is 398 g/mol. The summed E-state index contributed by atoms with van der Waals surface area (Å²) in [5.74, 6) is -2.38. The number of halogens is 5. The molecule has 2 N–H and O–H groups in total. The summed E-state index contributed by atoms with van der Waals surface area (Å²) in [5, 5.41) is 0. The summed E-state index contributed by atoms with van der Waals surface area (Å²) in [6.07, 6.45) is -1.51. The Hall–Kier alpha value is -2.13. The molecule has 28 heavy (non-hydrogen) atoms. The van der Waals surface area contributed by atoms with Crippen molar-refractivity contribution in [3.05, 3.63) is 58.7 Å². The molecular formula is C19H19F5N4. The SMILES string of the molecule is NC1CC(N2Cc3cnc(C(F)(F)F)nc3C2)CCC1c1cc(F)ccc1F. The van der Waals surface area contributed by atoms with Crippen LogP contribution in [0, 0.1) is 11.6 Å². The Balaban J connectivity index is 1.46. The molecule has 0 saturated heterocycles. The maximum absolute atomic E-state index is 14.1. The first-order chi connectivity index (χ1) is 13.2. The van der Waals surface area contributed by atoms with E-state index in [-0.39, 0.29) is 23.6 Å². The van der Waals surface area contributed by atoms with Crippen LogP contribution in [-0.2, 0) is 19.3 Å². The van der Waals surface area contributed by atoms with Crippen LogP contribution in [0.3, 0.4) is 0 Å². The summed E-state index contributed by atoms with van der Waals surface area (Å²) in [4.78, 5) is 9.13. The van der Waals surface area contributed by atoms with E-state index in [1.54, 1.807) is 0 Å². The van der Waals surface area contributed by atoms with E-state index in [0.29, 0.717) is 43.6 Å². The molecule has 1 aromatic carbocycles. The standard InChI is InChI=1S/C19H19F5N4/c20-11-1-4-15(21)14(5-11)13-3-2-12(6-16(13)25)28-8-10-7-26-18(19(22,23)24)27-17(10)9-28/h1,4-5,7,12-13,16H,2-3,6,8-9,25H2. The number of hydrogen-bond donors (Lipinski definition) is 1. The fraction of sp³-hybridized carbons (Fsp3) is 0.474. The molecule has 1 aromatic heterocycles. The Bertz CT molecular complexity index is 885. The average molecular weight is 398 g/mol. The average Bonchev–Trinajstić information content (AvgIpc) is 3.06. The van der Waals surface area contributed by atoms with Gasteiger partial charge in [-0.1, -0.05) is 0 Å². The molecule has 4 rings (SSSR count). The van der Waals surface area contributed by atoms with Crippen molar-refractivity contribution in [3.8, 4) is 0 Å². The highest BCUT2D eigenvalue weighted by Crippen LogP contribution is 2.38. The van der Waals surface area contributed by atoms with Crippen LogP contribution in [-0.4, -0.2) is 27.0 Å². The summed E-state index contributed by atoms with van der Waals surface area (Å²) >= 11 is 0. The molecule has 3 unspecified atom stereocenters. The van der Waals surface area contributed by atoms with Gasteiger partial charge in [0.25, 0.3) is 0 Å². The minimum absolute atomic E-state index is 0.0476. The van der Waals surface area contributed by atoms with Gasteiger partial charge in [-0.05, 0) is 43.0 Å². The zero-order valence-corrected chi connectivity index (χ0v) is 14.9. The molecule has 1 fully saturated rings. The number of benzene rings is 1. The van der Waals surface area contributed by atoms with Crippen LogP contribution in [0.2, 0.25) is 0 Å². The van der Waals surface area contributed by atoms with Crippen molar-refractivity contribution in [2.75, 3.05) is 0 Å². The second kappa shape index (κ2) is 7.04. The molecule has 4 nitrogen and oxygen atoms in total. The van der Waals surface area contributed by atoms with Crippen molar-refractivity contribution in [1.82, 2.24) is 14.9 Å². The van der Waals surface area contributed by atoms with Gasteiger partial charge in [0.05, 0.1) is 5.69 Å². The highest BCUT2D eigenvalue weighted by atomic mass is 19.4. The molecule has 150 valence electrons. The second-order valence-corrected chi connectivity index (χ2v) is 7.47. The van der Waals surface area contributed by atoms with Gasteiger partial charge in [0, 0.05) is 42.9 Å². The molecule has 0 amide bonds. The highest BCUT2D eigenvalue weighted by molar-refractivity contribution is 5.26. The lowest BCUT2D eigenvalue weighted by Gasteiger charge is -2.38. The molecule has 2 heterocycles. The predicted octanol–water partition coefficient (Wildman–Crippen LogP) is 3.75. The Morgan fingerprint density at radius 2 is 1.89 bits per heavy atom. The number of rotatable bonds is 2. The molecule has 2 aliphatic rings. The highest BCUT2D eigenvalue weighted by Gasteiger charge is 2.38. The number of nitrogens with two attached hydrogens (primary N) is 1. The Labute approximate surface area is 158 Å². The normalized spacial score (nSPS) is 25.7. The van der Waals surface area contributed by atoms with E-state index in [4.69, 9.17) is 5.73 Å². The minimum atomic E-state index is -4.57. The molecule has 0 bridgehead atoms. The summed E-state index contributed by atoms with van der Waals surface area (Å²) in [6, 6.07) is 3.06. The molecule has 3 atom stereocenters. The van der Waals surface area contributed by atoms with Gasteiger partial charge in [0.15, 0.2) is 0 Å². The summed E-state index contributed by atoms with van der Waals surface area (Å²) in [5.41, 5.74) is 7.63. The topological polar surface area (TPSA) is 55.0 Å². The van der Waals surface area contributed by atoms with Crippen molar-refractivity contribution in [2.24, 2.45) is 5.73 Å². The van der Waals surface area contributed by atoms with Crippen molar-refractivity contribution < 1.29 is 22.0 Å². The van der Waals surface area contributed by atoms with E-state index in [1.165, 1.54) is 12.3 Å². The number of fused-ring (bicyclic) bond motifs is 1. The van der Waals surface area contributed by atoms with E-state index in [0.717, 1.165) is 12.1 Å². The Morgan fingerprint density at radius 3 is 2.61 bits per heavy atom. The third-order valence-electron chi connectivity index (χ3n) is 5.68. The lowest BCUT2D eigenvalue weighted by molar-refractivity contribution is -0.145. The van der Waals surface area contributed by atoms with Crippen molar-refractivity contribution in [2.45, 2.75) is 56.5 Å². The molecule has 1 aliphatic heterocycles. The third-order valence-corrected chi connectivity index (χ3v) is 5.68. The molecule has 9 heteroatoms. The second-order valence-electron chi connectivity index (χ2n) is 7.47. The quantitative estimate of drug-likeness (QED) is 0.783. The van der Waals surface area contributed by atoms with Gasteiger partial charge in [-0.2, -0.15) is 13.2 Å². The molecule has 1 saturated carbocycles. The summed E-state index contributed by atoms with van der Waals surface area (Å²) < 4.78 is 66.0. The fourth-order valence-corrected chi connectivity index (χ4v) is 4.27. The maximum atomic E-state index is 14.1. The maximum Gasteiger partial charge on any atom is 0.451 e. The minimum Gasteiger partial charge on any atom is -0.327 e. The van der Waals surface area contributed by atoms with Crippen LogP contribution in [0.4, 0.5) is 22.0 Å². The van der Waals surface area contributed by atoms with E-state index in [9.17, 15) is 22.0 Å². The van der Waals surface area contributed by atoms with E-state index in [1.807, 2.05) is 4.90 Å². The number of nitrogens with zero attached hydrogens (tertiary/aromatic N) is 3. The first kappa shape index (κ1) is 19.2. The van der Waals surface area contributed by atoms with Crippen LogP contribution >= 0.6 is 0 Å². The molecule has 0 radical (unpaired) electrons. The number of hydrogen-bond acceptors (Lipinski definition) is 4. The predicted molar refractivity (Wildman–Crippen MR) is 91.0 cm³/mol. The van der Waals surface area contributed by atoms with Gasteiger partial charge in [0.2, 0.25) is 5.82 Å². The molecule has 0 spiro atoms. The van der Waals surface area contributed by atoms with Gasteiger partial charge in [-0.3, -0.25) is 4.90 Å². The van der Waals surface area contributed by atoms with Gasteiger partial charge in [0.1, 0.15) is 11.6 Å². The Morgan fingerprint density at radius 1 is 1.11 bits per heavy atom. The third kappa shape index (κ3) is 3.60. The van der Waals surface area contributed by atoms with Crippen LogP contribution < -0.4 is 5.73 Å². The Kier molecular flexibility index (Phi) is 4.83. The van der Waals surface area contributed by atoms with Crippen molar-refractivity contribution in [1.29, 1.82) is 0 Å². The summed E-state index contributed by atoms with van der Waals surface area (Å²) in [6.45, 7) is 0.765. The molecule has 2 aromatic rings. The number of alkyl halides is 3. The van der Waals surface area contributed by atoms with Crippen LogP contribution in [0.1, 0.15) is 47.8 Å². The van der Waals surface area contributed by atoms with Crippen LogP contribution in [0.15, 0.2) is 24.4 Å². The van der Waals surface area contributed by atoms with E-state index >= 15 is 0 Å². The largest absolute Gasteiger partial charge is 0.451 e. The summed E-state index contributed by atoms with van der Waals surface area (Å²) in [7, 11) is 0. The van der Waals surface area contributed by atoms with Gasteiger partial charge in [-0.15, -0.1) is 0 Å². The van der Waals surface area contributed by atoms with Gasteiger partial charge in [-0.25, -0.2) is 18.7 Å². The lowest BCUT2D eigenvalue weighted by Crippen LogP contribution is -2.44. The van der Waals surface area contributed by atoms with Gasteiger partial charge >= 0.3 is 6.18 Å².